The molecule has 2 aliphatic rings. The predicted molar refractivity (Wildman–Crippen MR) is 120 cm³/mol. The van der Waals surface area contributed by atoms with Gasteiger partial charge in [-0.2, -0.15) is 0 Å². The molecule has 7 heteroatoms. The van der Waals surface area contributed by atoms with Crippen LogP contribution in [0.15, 0.2) is 42.5 Å². The molecule has 1 amide bonds. The monoisotopic (exact) mass is 423 g/mol. The second-order valence-corrected chi connectivity index (χ2v) is 8.02. The third-order valence-electron chi connectivity index (χ3n) is 5.65. The molecule has 2 heterocycles. The van der Waals surface area contributed by atoms with Crippen molar-refractivity contribution >= 4 is 34.9 Å². The lowest BCUT2D eigenvalue weighted by molar-refractivity contribution is -0.138. The molecule has 2 aromatic rings. The SMILES string of the molecule is CCOC(=O)c1ccccc1NC(=S)N1CC(=O)N2CCc3cc(C)ccc3C2C1. The Bertz CT molecular complexity index is 1010. The minimum absolute atomic E-state index is 0.0179. The largest absolute Gasteiger partial charge is 0.462 e. The normalized spacial score (nSPS) is 17.8. The number of nitrogens with one attached hydrogen (secondary N) is 1. The molecule has 2 aromatic carbocycles. The Morgan fingerprint density at radius 2 is 2.07 bits per heavy atom. The number of hydrogen-bond acceptors (Lipinski definition) is 4. The van der Waals surface area contributed by atoms with Gasteiger partial charge in [-0.3, -0.25) is 4.79 Å². The fraction of sp³-hybridized carbons (Fsp3) is 0.348. The Morgan fingerprint density at radius 3 is 2.87 bits per heavy atom. The van der Waals surface area contributed by atoms with Crippen LogP contribution in [0.25, 0.3) is 0 Å². The highest BCUT2D eigenvalue weighted by Crippen LogP contribution is 2.34. The van der Waals surface area contributed by atoms with Gasteiger partial charge in [-0.25, -0.2) is 4.79 Å². The lowest BCUT2D eigenvalue weighted by Crippen LogP contribution is -2.56. The number of anilines is 1. The van der Waals surface area contributed by atoms with Gasteiger partial charge in [0.1, 0.15) is 0 Å². The molecule has 1 fully saturated rings. The Labute approximate surface area is 181 Å². The summed E-state index contributed by atoms with van der Waals surface area (Å²) in [5.74, 6) is -0.332. The summed E-state index contributed by atoms with van der Waals surface area (Å²) in [6.07, 6.45) is 0.884. The van der Waals surface area contributed by atoms with Crippen molar-refractivity contribution in [2.45, 2.75) is 26.3 Å². The molecule has 0 aliphatic carbocycles. The van der Waals surface area contributed by atoms with E-state index in [9.17, 15) is 9.59 Å². The van der Waals surface area contributed by atoms with Crippen molar-refractivity contribution in [3.05, 3.63) is 64.7 Å². The van der Waals surface area contributed by atoms with Crippen LogP contribution in [0, 0.1) is 6.92 Å². The van der Waals surface area contributed by atoms with E-state index in [2.05, 4.69) is 30.4 Å². The molecule has 1 atom stereocenters. The summed E-state index contributed by atoms with van der Waals surface area (Å²) in [6, 6.07) is 13.5. The van der Waals surface area contributed by atoms with Gasteiger partial charge in [-0.05, 0) is 55.7 Å². The summed E-state index contributed by atoms with van der Waals surface area (Å²) >= 11 is 5.62. The lowest BCUT2D eigenvalue weighted by atomic mass is 9.89. The van der Waals surface area contributed by atoms with E-state index in [1.807, 2.05) is 15.9 Å². The van der Waals surface area contributed by atoms with Crippen LogP contribution in [0.1, 0.15) is 40.0 Å². The van der Waals surface area contributed by atoms with Crippen LogP contribution >= 0.6 is 12.2 Å². The summed E-state index contributed by atoms with van der Waals surface area (Å²) in [5, 5.41) is 3.58. The molecule has 1 unspecified atom stereocenters. The van der Waals surface area contributed by atoms with Gasteiger partial charge in [0.25, 0.3) is 0 Å². The fourth-order valence-corrected chi connectivity index (χ4v) is 4.44. The van der Waals surface area contributed by atoms with E-state index < -0.39 is 5.97 Å². The van der Waals surface area contributed by atoms with Gasteiger partial charge in [0.05, 0.1) is 30.4 Å². The molecule has 6 nitrogen and oxygen atoms in total. The van der Waals surface area contributed by atoms with E-state index in [4.69, 9.17) is 17.0 Å². The van der Waals surface area contributed by atoms with Crippen LogP contribution in [-0.4, -0.2) is 53.0 Å². The third-order valence-corrected chi connectivity index (χ3v) is 6.01. The summed E-state index contributed by atoms with van der Waals surface area (Å²) in [7, 11) is 0. The summed E-state index contributed by atoms with van der Waals surface area (Å²) in [5.41, 5.74) is 4.73. The van der Waals surface area contributed by atoms with E-state index >= 15 is 0 Å². The fourth-order valence-electron chi connectivity index (χ4n) is 4.19. The Kier molecular flexibility index (Phi) is 5.72. The van der Waals surface area contributed by atoms with Crippen LogP contribution in [0.3, 0.4) is 0 Å². The van der Waals surface area contributed by atoms with Crippen molar-refractivity contribution in [1.82, 2.24) is 9.80 Å². The van der Waals surface area contributed by atoms with E-state index in [1.54, 1.807) is 25.1 Å². The molecule has 0 spiro atoms. The maximum Gasteiger partial charge on any atom is 0.340 e. The van der Waals surface area contributed by atoms with Crippen LogP contribution in [0.2, 0.25) is 0 Å². The molecular formula is C23H25N3O3S. The van der Waals surface area contributed by atoms with Crippen molar-refractivity contribution < 1.29 is 14.3 Å². The number of para-hydroxylation sites is 1. The zero-order valence-electron chi connectivity index (χ0n) is 17.2. The Hall–Kier alpha value is -2.93. The highest BCUT2D eigenvalue weighted by atomic mass is 32.1. The molecule has 156 valence electrons. The van der Waals surface area contributed by atoms with Gasteiger partial charge >= 0.3 is 5.97 Å². The minimum Gasteiger partial charge on any atom is -0.462 e. The molecule has 0 aromatic heterocycles. The van der Waals surface area contributed by atoms with Crippen molar-refractivity contribution in [2.75, 3.05) is 31.6 Å². The number of piperazine rings is 1. The number of fused-ring (bicyclic) bond motifs is 3. The zero-order valence-corrected chi connectivity index (χ0v) is 18.0. The highest BCUT2D eigenvalue weighted by molar-refractivity contribution is 7.80. The second kappa shape index (κ2) is 8.44. The highest BCUT2D eigenvalue weighted by Gasteiger charge is 2.37. The maximum atomic E-state index is 12.9. The second-order valence-electron chi connectivity index (χ2n) is 7.63. The number of aryl methyl sites for hydroxylation is 1. The first-order valence-electron chi connectivity index (χ1n) is 10.2. The van der Waals surface area contributed by atoms with Crippen molar-refractivity contribution in [2.24, 2.45) is 0 Å². The standard InChI is InChI=1S/C23H25N3O3S/c1-3-29-22(28)18-6-4-5-7-19(18)24-23(30)25-13-20-17-9-8-15(2)12-16(17)10-11-26(20)21(27)14-25/h4-9,12,20H,3,10-11,13-14H2,1-2H3,(H,24,30). The summed E-state index contributed by atoms with van der Waals surface area (Å²) in [6.45, 7) is 5.74. The van der Waals surface area contributed by atoms with Gasteiger partial charge in [-0.1, -0.05) is 35.9 Å². The first-order valence-corrected chi connectivity index (χ1v) is 10.6. The summed E-state index contributed by atoms with van der Waals surface area (Å²) < 4.78 is 5.14. The third kappa shape index (κ3) is 3.89. The van der Waals surface area contributed by atoms with Gasteiger partial charge in [0, 0.05) is 13.1 Å². The van der Waals surface area contributed by atoms with E-state index in [0.717, 1.165) is 13.0 Å². The van der Waals surface area contributed by atoms with Crippen molar-refractivity contribution in [1.29, 1.82) is 0 Å². The van der Waals surface area contributed by atoms with Crippen LogP contribution in [0.5, 0.6) is 0 Å². The molecular weight excluding hydrogens is 398 g/mol. The topological polar surface area (TPSA) is 61.9 Å². The number of carbonyl (C=O) groups excluding carboxylic acids is 2. The molecule has 0 radical (unpaired) electrons. The molecule has 0 saturated carbocycles. The van der Waals surface area contributed by atoms with E-state index in [1.165, 1.54) is 16.7 Å². The smallest absolute Gasteiger partial charge is 0.340 e. The quantitative estimate of drug-likeness (QED) is 0.604. The molecule has 0 bridgehead atoms. The molecule has 2 aliphatic heterocycles. The van der Waals surface area contributed by atoms with Gasteiger partial charge in [0.2, 0.25) is 5.91 Å². The average molecular weight is 424 g/mol. The van der Waals surface area contributed by atoms with Crippen molar-refractivity contribution in [3.63, 3.8) is 0 Å². The van der Waals surface area contributed by atoms with Crippen LogP contribution in [-0.2, 0) is 16.0 Å². The average Bonchev–Trinajstić information content (AvgIpc) is 2.73. The number of amides is 1. The Balaban J connectivity index is 1.55. The number of hydrogen-bond donors (Lipinski definition) is 1. The molecule has 30 heavy (non-hydrogen) atoms. The number of thiocarbonyl (C=S) groups is 1. The zero-order chi connectivity index (χ0) is 21.3. The number of rotatable bonds is 3. The number of benzene rings is 2. The maximum absolute atomic E-state index is 12.9. The first-order chi connectivity index (χ1) is 14.5. The predicted octanol–water partition coefficient (Wildman–Crippen LogP) is 3.31. The molecule has 1 saturated heterocycles. The van der Waals surface area contributed by atoms with E-state index in [-0.39, 0.29) is 18.5 Å². The summed E-state index contributed by atoms with van der Waals surface area (Å²) in [4.78, 5) is 29.0. The number of esters is 1. The van der Waals surface area contributed by atoms with Gasteiger partial charge in [0.15, 0.2) is 5.11 Å². The molecule has 1 N–H and O–H groups in total. The first kappa shape index (κ1) is 20.3. The van der Waals surface area contributed by atoms with Gasteiger partial charge < -0.3 is 19.9 Å². The van der Waals surface area contributed by atoms with E-state index in [0.29, 0.717) is 29.5 Å². The van der Waals surface area contributed by atoms with Gasteiger partial charge in [-0.15, -0.1) is 0 Å². The van der Waals surface area contributed by atoms with Crippen LogP contribution in [0.4, 0.5) is 5.69 Å². The number of carbonyl (C=O) groups is 2. The van der Waals surface area contributed by atoms with Crippen LogP contribution < -0.4 is 5.32 Å². The number of nitrogens with zero attached hydrogens (tertiary/aromatic N) is 2. The minimum atomic E-state index is -0.402. The Morgan fingerprint density at radius 1 is 1.27 bits per heavy atom. The molecule has 4 rings (SSSR count). The number of ether oxygens (including phenoxy) is 1. The lowest BCUT2D eigenvalue weighted by Gasteiger charge is -2.45. The van der Waals surface area contributed by atoms with Crippen molar-refractivity contribution in [3.8, 4) is 0 Å².